The Morgan fingerprint density at radius 3 is 2.11 bits per heavy atom. The number of rotatable bonds is 8. The highest BCUT2D eigenvalue weighted by atomic mass is 35.5. The molecule has 1 N–H and O–H groups in total. The Balaban J connectivity index is 0.00000200. The number of piperidine rings is 1. The van der Waals surface area contributed by atoms with Crippen LogP contribution < -0.4 is 5.32 Å². The van der Waals surface area contributed by atoms with Gasteiger partial charge in [-0.05, 0) is 69.5 Å². The molecule has 6 rings (SSSR count). The lowest BCUT2D eigenvalue weighted by Gasteiger charge is -2.44. The summed E-state index contributed by atoms with van der Waals surface area (Å²) in [6.07, 6.45) is 4.92. The highest BCUT2D eigenvalue weighted by Crippen LogP contribution is 2.44. The zero-order valence-electron chi connectivity index (χ0n) is 26.9. The molecular weight excluding hydrogens is 681 g/mol. The molecule has 0 aliphatic carbocycles. The van der Waals surface area contributed by atoms with Gasteiger partial charge in [0.25, 0.3) is 0 Å². The standard InChI is InChI=1S/C34H41N5O4S.3ClH/c1-23-30(24(2)37-22-36-23)32(40)31(29-20-35-19-28(29)26-7-5-4-6-8-26)38-16-13-34(14-17-38)15-18-39(33(34)41)21-25-9-11-27(12-10-25)44(3,42)43;;;/h4-12,22,28-29,31,35H,13-21H2,1-3H3;3*1H/t28-,29-,31?;;;/m1.../s1. The highest BCUT2D eigenvalue weighted by Gasteiger charge is 2.51. The van der Waals surface area contributed by atoms with Crippen LogP contribution in [0.3, 0.4) is 0 Å². The second kappa shape index (κ2) is 15.7. The van der Waals surface area contributed by atoms with Crippen molar-refractivity contribution in [1.29, 1.82) is 0 Å². The molecule has 256 valence electrons. The maximum Gasteiger partial charge on any atom is 0.229 e. The number of hydrogen-bond acceptors (Lipinski definition) is 8. The molecule has 2 aromatic carbocycles. The number of amides is 1. The molecule has 47 heavy (non-hydrogen) atoms. The molecule has 0 radical (unpaired) electrons. The van der Waals surface area contributed by atoms with E-state index < -0.39 is 15.3 Å². The first-order chi connectivity index (χ1) is 21.1. The molecular formula is C34H44Cl3N5O4S. The van der Waals surface area contributed by atoms with Gasteiger partial charge in [0.1, 0.15) is 6.33 Å². The van der Waals surface area contributed by atoms with E-state index in [0.717, 1.165) is 25.1 Å². The lowest BCUT2D eigenvalue weighted by atomic mass is 9.74. The largest absolute Gasteiger partial charge is 0.338 e. The van der Waals surface area contributed by atoms with E-state index in [1.54, 1.807) is 24.3 Å². The Hall–Kier alpha value is -2.60. The Morgan fingerprint density at radius 1 is 0.915 bits per heavy atom. The van der Waals surface area contributed by atoms with Gasteiger partial charge in [-0.25, -0.2) is 18.4 Å². The van der Waals surface area contributed by atoms with Crippen LogP contribution in [0.4, 0.5) is 0 Å². The lowest BCUT2D eigenvalue weighted by Crippen LogP contribution is -2.54. The van der Waals surface area contributed by atoms with Gasteiger partial charge in [0.2, 0.25) is 5.91 Å². The summed E-state index contributed by atoms with van der Waals surface area (Å²) in [5.41, 5.74) is 3.75. The first-order valence-corrected chi connectivity index (χ1v) is 17.4. The van der Waals surface area contributed by atoms with Crippen molar-refractivity contribution in [2.75, 3.05) is 39.0 Å². The summed E-state index contributed by atoms with van der Waals surface area (Å²) in [5, 5.41) is 3.57. The van der Waals surface area contributed by atoms with Crippen LogP contribution in [0.5, 0.6) is 0 Å². The van der Waals surface area contributed by atoms with E-state index in [9.17, 15) is 18.0 Å². The number of nitrogens with one attached hydrogen (secondary N) is 1. The molecule has 3 fully saturated rings. The number of carbonyl (C=O) groups is 2. The third-order valence-corrected chi connectivity index (χ3v) is 11.2. The van der Waals surface area contributed by atoms with Gasteiger partial charge in [-0.3, -0.25) is 14.5 Å². The van der Waals surface area contributed by atoms with Crippen molar-refractivity contribution >= 4 is 58.7 Å². The van der Waals surface area contributed by atoms with Gasteiger partial charge in [-0.15, -0.1) is 37.2 Å². The number of carbonyl (C=O) groups excluding carboxylic acids is 2. The number of ketones is 1. The fraction of sp³-hybridized carbons (Fsp3) is 0.471. The van der Waals surface area contributed by atoms with Crippen LogP contribution >= 0.6 is 37.2 Å². The predicted octanol–water partition coefficient (Wildman–Crippen LogP) is 4.83. The van der Waals surface area contributed by atoms with Crippen molar-refractivity contribution in [3.63, 3.8) is 0 Å². The maximum absolute atomic E-state index is 14.5. The van der Waals surface area contributed by atoms with E-state index in [0.29, 0.717) is 56.0 Å². The van der Waals surface area contributed by atoms with Gasteiger partial charge < -0.3 is 10.2 Å². The van der Waals surface area contributed by atoms with Crippen LogP contribution in [-0.4, -0.2) is 84.9 Å². The fourth-order valence-corrected chi connectivity index (χ4v) is 8.26. The summed E-state index contributed by atoms with van der Waals surface area (Å²) in [4.78, 5) is 41.6. The predicted molar refractivity (Wildman–Crippen MR) is 190 cm³/mol. The Kier molecular flexibility index (Phi) is 13.0. The molecule has 3 saturated heterocycles. The van der Waals surface area contributed by atoms with E-state index >= 15 is 0 Å². The molecule has 1 unspecified atom stereocenters. The average Bonchev–Trinajstić information content (AvgIpc) is 3.60. The van der Waals surface area contributed by atoms with Crippen molar-refractivity contribution in [3.8, 4) is 0 Å². The minimum atomic E-state index is -3.27. The molecule has 1 amide bonds. The van der Waals surface area contributed by atoms with E-state index in [1.807, 2.05) is 24.8 Å². The van der Waals surface area contributed by atoms with E-state index in [2.05, 4.69) is 44.5 Å². The van der Waals surface area contributed by atoms with Crippen LogP contribution in [0.15, 0.2) is 65.8 Å². The highest BCUT2D eigenvalue weighted by molar-refractivity contribution is 7.90. The van der Waals surface area contributed by atoms with E-state index in [4.69, 9.17) is 0 Å². The molecule has 3 aliphatic heterocycles. The zero-order chi connectivity index (χ0) is 31.1. The SMILES string of the molecule is Cc1ncnc(C)c1C(=O)C([C@@H]1CNC[C@@H]1c1ccccc1)N1CCC2(CCN(Cc3ccc(S(C)(=O)=O)cc3)C2=O)CC1.Cl.Cl.Cl. The number of nitrogens with zero attached hydrogens (tertiary/aromatic N) is 4. The van der Waals surface area contributed by atoms with Gasteiger partial charge in [0.15, 0.2) is 15.6 Å². The lowest BCUT2D eigenvalue weighted by molar-refractivity contribution is -0.139. The summed E-state index contributed by atoms with van der Waals surface area (Å²) in [6, 6.07) is 16.9. The molecule has 0 saturated carbocycles. The second-order valence-electron chi connectivity index (χ2n) is 12.8. The molecule has 0 bridgehead atoms. The number of aryl methyl sites for hydroxylation is 2. The van der Waals surface area contributed by atoms with Crippen molar-refractivity contribution in [3.05, 3.63) is 89.0 Å². The fourth-order valence-electron chi connectivity index (χ4n) is 7.62. The number of benzene rings is 2. The summed E-state index contributed by atoms with van der Waals surface area (Å²) in [5.74, 6) is 0.510. The van der Waals surface area contributed by atoms with Crippen molar-refractivity contribution in [2.24, 2.45) is 11.3 Å². The minimum absolute atomic E-state index is 0. The molecule has 3 atom stereocenters. The van der Waals surface area contributed by atoms with Crippen molar-refractivity contribution in [2.45, 2.75) is 56.5 Å². The van der Waals surface area contributed by atoms with Crippen LogP contribution in [-0.2, 0) is 21.2 Å². The number of hydrogen-bond donors (Lipinski definition) is 1. The first kappa shape index (κ1) is 38.8. The number of halogens is 3. The molecule has 3 aromatic rings. The van der Waals surface area contributed by atoms with E-state index in [1.165, 1.54) is 18.1 Å². The zero-order valence-corrected chi connectivity index (χ0v) is 30.2. The number of sulfone groups is 1. The second-order valence-corrected chi connectivity index (χ2v) is 14.8. The smallest absolute Gasteiger partial charge is 0.229 e. The third-order valence-electron chi connectivity index (χ3n) is 10.1. The molecule has 1 spiro atoms. The van der Waals surface area contributed by atoms with Gasteiger partial charge in [0.05, 0.1) is 33.3 Å². The Morgan fingerprint density at radius 2 is 1.51 bits per heavy atom. The van der Waals surface area contributed by atoms with Crippen LogP contribution in [0.1, 0.15) is 58.1 Å². The van der Waals surface area contributed by atoms with Crippen LogP contribution in [0.25, 0.3) is 0 Å². The first-order valence-electron chi connectivity index (χ1n) is 15.5. The number of likely N-dealkylation sites (tertiary alicyclic amines) is 2. The van der Waals surface area contributed by atoms with Crippen molar-refractivity contribution < 1.29 is 18.0 Å². The molecule has 13 heteroatoms. The summed E-state index contributed by atoms with van der Waals surface area (Å²) < 4.78 is 23.7. The normalized spacial score (nSPS) is 21.4. The van der Waals surface area contributed by atoms with Crippen LogP contribution in [0, 0.1) is 25.2 Å². The van der Waals surface area contributed by atoms with Crippen molar-refractivity contribution in [1.82, 2.24) is 25.1 Å². The van der Waals surface area contributed by atoms with E-state index in [-0.39, 0.29) is 71.7 Å². The van der Waals surface area contributed by atoms with Gasteiger partial charge in [0, 0.05) is 44.3 Å². The number of Topliss-reactive ketones (excluding diaryl/α,β-unsaturated/α-hetero) is 1. The summed E-state index contributed by atoms with van der Waals surface area (Å²) in [7, 11) is -3.27. The Bertz CT molecular complexity index is 1630. The van der Waals surface area contributed by atoms with Gasteiger partial charge >= 0.3 is 0 Å². The van der Waals surface area contributed by atoms with Gasteiger partial charge in [-0.2, -0.15) is 0 Å². The average molecular weight is 725 g/mol. The third kappa shape index (κ3) is 7.84. The topological polar surface area (TPSA) is 113 Å². The Labute approximate surface area is 296 Å². The summed E-state index contributed by atoms with van der Waals surface area (Å²) >= 11 is 0. The summed E-state index contributed by atoms with van der Waals surface area (Å²) in [6.45, 7) is 7.81. The molecule has 3 aliphatic rings. The van der Waals surface area contributed by atoms with Gasteiger partial charge in [-0.1, -0.05) is 42.5 Å². The van der Waals surface area contributed by atoms with Crippen LogP contribution in [0.2, 0.25) is 0 Å². The number of aromatic nitrogens is 2. The quantitative estimate of drug-likeness (QED) is 0.329. The monoisotopic (exact) mass is 723 g/mol. The molecule has 4 heterocycles. The molecule has 9 nitrogen and oxygen atoms in total. The minimum Gasteiger partial charge on any atom is -0.338 e. The maximum atomic E-state index is 14.5. The molecule has 1 aromatic heterocycles.